The second-order valence-corrected chi connectivity index (χ2v) is 5.22. The number of hydrogen-bond acceptors (Lipinski definition) is 3. The zero-order valence-electron chi connectivity index (χ0n) is 12.5. The number of rotatable bonds is 6. The van der Waals surface area contributed by atoms with Crippen LogP contribution in [-0.2, 0) is 19.6 Å². The van der Waals surface area contributed by atoms with Crippen LogP contribution in [0.25, 0.3) is 0 Å². The summed E-state index contributed by atoms with van der Waals surface area (Å²) in [6.07, 6.45) is 0.889. The summed E-state index contributed by atoms with van der Waals surface area (Å²) >= 11 is 5.93. The molecule has 1 aromatic carbocycles. The van der Waals surface area contributed by atoms with Gasteiger partial charge < -0.3 is 4.74 Å². The molecular formula is C16H19ClN2O2. The predicted molar refractivity (Wildman–Crippen MR) is 83.1 cm³/mol. The highest BCUT2D eigenvalue weighted by Gasteiger charge is 2.11. The van der Waals surface area contributed by atoms with Crippen molar-refractivity contribution in [3.63, 3.8) is 0 Å². The van der Waals surface area contributed by atoms with Crippen molar-refractivity contribution in [3.8, 4) is 5.75 Å². The van der Waals surface area contributed by atoms with E-state index in [-0.39, 0.29) is 5.78 Å². The molecule has 0 unspecified atom stereocenters. The van der Waals surface area contributed by atoms with Crippen molar-refractivity contribution in [2.75, 3.05) is 0 Å². The van der Waals surface area contributed by atoms with E-state index in [1.807, 2.05) is 17.7 Å². The van der Waals surface area contributed by atoms with E-state index in [4.69, 9.17) is 16.3 Å². The maximum absolute atomic E-state index is 11.6. The summed E-state index contributed by atoms with van der Waals surface area (Å²) in [4.78, 5) is 11.6. The SMILES string of the molecule is CCc1cc(COc2ccc(Cl)cc2C(C)=O)n(CC)n1. The van der Waals surface area contributed by atoms with Gasteiger partial charge in [-0.05, 0) is 44.5 Å². The fraction of sp³-hybridized carbons (Fsp3) is 0.375. The molecule has 0 spiro atoms. The number of aryl methyl sites for hydroxylation is 2. The van der Waals surface area contributed by atoms with E-state index < -0.39 is 0 Å². The average molecular weight is 307 g/mol. The van der Waals surface area contributed by atoms with Crippen molar-refractivity contribution in [3.05, 3.63) is 46.2 Å². The molecule has 0 saturated carbocycles. The fourth-order valence-electron chi connectivity index (χ4n) is 2.13. The zero-order chi connectivity index (χ0) is 15.4. The van der Waals surface area contributed by atoms with Crippen LogP contribution in [-0.4, -0.2) is 15.6 Å². The molecule has 112 valence electrons. The summed E-state index contributed by atoms with van der Waals surface area (Å²) in [5.74, 6) is 0.486. The Labute approximate surface area is 129 Å². The number of Topliss-reactive ketones (excluding diaryl/α,β-unsaturated/α-hetero) is 1. The summed E-state index contributed by atoms with van der Waals surface area (Å²) in [6.45, 7) is 6.78. The van der Waals surface area contributed by atoms with E-state index in [2.05, 4.69) is 12.0 Å². The number of ether oxygens (including phenoxy) is 1. The third kappa shape index (κ3) is 3.64. The molecule has 0 aliphatic rings. The predicted octanol–water partition coefficient (Wildman–Crippen LogP) is 3.90. The molecule has 5 heteroatoms. The molecule has 21 heavy (non-hydrogen) atoms. The molecule has 0 radical (unpaired) electrons. The highest BCUT2D eigenvalue weighted by molar-refractivity contribution is 6.31. The molecule has 1 heterocycles. The Morgan fingerprint density at radius 3 is 2.71 bits per heavy atom. The Bertz CT molecular complexity index is 650. The van der Waals surface area contributed by atoms with Crippen LogP contribution in [0.3, 0.4) is 0 Å². The lowest BCUT2D eigenvalue weighted by Gasteiger charge is -2.11. The monoisotopic (exact) mass is 306 g/mol. The van der Waals surface area contributed by atoms with Gasteiger partial charge in [-0.2, -0.15) is 5.10 Å². The smallest absolute Gasteiger partial charge is 0.163 e. The Kier molecular flexibility index (Phi) is 5.02. The van der Waals surface area contributed by atoms with Gasteiger partial charge >= 0.3 is 0 Å². The lowest BCUT2D eigenvalue weighted by molar-refractivity contribution is 0.101. The van der Waals surface area contributed by atoms with E-state index in [9.17, 15) is 4.79 Å². The van der Waals surface area contributed by atoms with Crippen molar-refractivity contribution in [1.82, 2.24) is 9.78 Å². The number of ketones is 1. The molecule has 0 aliphatic heterocycles. The molecule has 0 aliphatic carbocycles. The fourth-order valence-corrected chi connectivity index (χ4v) is 2.30. The van der Waals surface area contributed by atoms with Gasteiger partial charge in [0.15, 0.2) is 5.78 Å². The first-order chi connectivity index (χ1) is 10.0. The Morgan fingerprint density at radius 1 is 1.33 bits per heavy atom. The third-order valence-electron chi connectivity index (χ3n) is 3.27. The van der Waals surface area contributed by atoms with Gasteiger partial charge in [-0.15, -0.1) is 0 Å². The van der Waals surface area contributed by atoms with Gasteiger partial charge in [0.25, 0.3) is 0 Å². The third-order valence-corrected chi connectivity index (χ3v) is 3.51. The molecule has 0 saturated heterocycles. The zero-order valence-corrected chi connectivity index (χ0v) is 13.3. The Hall–Kier alpha value is -1.81. The van der Waals surface area contributed by atoms with E-state index in [1.54, 1.807) is 18.2 Å². The number of carbonyl (C=O) groups is 1. The van der Waals surface area contributed by atoms with Gasteiger partial charge in [0, 0.05) is 11.6 Å². The lowest BCUT2D eigenvalue weighted by atomic mass is 10.1. The van der Waals surface area contributed by atoms with Crippen LogP contribution < -0.4 is 4.74 Å². The van der Waals surface area contributed by atoms with Crippen LogP contribution in [0.2, 0.25) is 5.02 Å². The molecule has 0 amide bonds. The maximum atomic E-state index is 11.6. The second kappa shape index (κ2) is 6.76. The first kappa shape index (κ1) is 15.6. The normalized spacial score (nSPS) is 10.7. The van der Waals surface area contributed by atoms with Gasteiger partial charge in [-0.3, -0.25) is 9.48 Å². The summed E-state index contributed by atoms with van der Waals surface area (Å²) in [7, 11) is 0. The molecule has 2 rings (SSSR count). The van der Waals surface area contributed by atoms with Crippen molar-refractivity contribution in [2.24, 2.45) is 0 Å². The highest BCUT2D eigenvalue weighted by Crippen LogP contribution is 2.24. The second-order valence-electron chi connectivity index (χ2n) is 4.78. The van der Waals surface area contributed by atoms with Crippen LogP contribution >= 0.6 is 11.6 Å². The molecule has 0 N–H and O–H groups in total. The van der Waals surface area contributed by atoms with E-state index >= 15 is 0 Å². The van der Waals surface area contributed by atoms with Gasteiger partial charge in [0.1, 0.15) is 12.4 Å². The molecule has 0 bridgehead atoms. The van der Waals surface area contributed by atoms with Crippen LogP contribution in [0.4, 0.5) is 0 Å². The number of hydrogen-bond donors (Lipinski definition) is 0. The van der Waals surface area contributed by atoms with E-state index in [1.165, 1.54) is 6.92 Å². The summed E-state index contributed by atoms with van der Waals surface area (Å²) in [5, 5.41) is 5.01. The minimum Gasteiger partial charge on any atom is -0.487 e. The van der Waals surface area contributed by atoms with Crippen molar-refractivity contribution in [2.45, 2.75) is 40.3 Å². The molecule has 0 atom stereocenters. The maximum Gasteiger partial charge on any atom is 0.163 e. The van der Waals surface area contributed by atoms with Gasteiger partial charge in [-0.25, -0.2) is 0 Å². The molecule has 4 nitrogen and oxygen atoms in total. The number of benzene rings is 1. The molecule has 0 fully saturated rings. The van der Waals surface area contributed by atoms with Gasteiger partial charge in [0.05, 0.1) is 17.0 Å². The minimum absolute atomic E-state index is 0.0641. The number of halogens is 1. The average Bonchev–Trinajstić information content (AvgIpc) is 2.88. The van der Waals surface area contributed by atoms with Gasteiger partial charge in [-0.1, -0.05) is 18.5 Å². The number of carbonyl (C=O) groups excluding carboxylic acids is 1. The van der Waals surface area contributed by atoms with Crippen molar-refractivity contribution < 1.29 is 9.53 Å². The Morgan fingerprint density at radius 2 is 2.10 bits per heavy atom. The topological polar surface area (TPSA) is 44.1 Å². The van der Waals surface area contributed by atoms with Crippen molar-refractivity contribution in [1.29, 1.82) is 0 Å². The lowest BCUT2D eigenvalue weighted by Crippen LogP contribution is -2.07. The first-order valence-electron chi connectivity index (χ1n) is 7.04. The van der Waals surface area contributed by atoms with E-state index in [0.717, 1.165) is 24.4 Å². The summed E-state index contributed by atoms with van der Waals surface area (Å²) in [6, 6.07) is 7.12. The van der Waals surface area contributed by atoms with Crippen LogP contribution in [0.5, 0.6) is 5.75 Å². The molecular weight excluding hydrogens is 288 g/mol. The van der Waals surface area contributed by atoms with Crippen LogP contribution in [0, 0.1) is 0 Å². The largest absolute Gasteiger partial charge is 0.487 e. The number of aromatic nitrogens is 2. The standard InChI is InChI=1S/C16H19ClN2O2/c1-4-13-9-14(19(5-2)18-13)10-21-16-7-6-12(17)8-15(16)11(3)20/h6-9H,4-5,10H2,1-3H3. The van der Waals surface area contributed by atoms with Gasteiger partial charge in [0.2, 0.25) is 0 Å². The number of nitrogens with zero attached hydrogens (tertiary/aromatic N) is 2. The Balaban J connectivity index is 2.20. The summed E-state index contributed by atoms with van der Waals surface area (Å²) in [5.41, 5.74) is 2.54. The van der Waals surface area contributed by atoms with Crippen LogP contribution in [0.1, 0.15) is 42.5 Å². The van der Waals surface area contributed by atoms with Crippen molar-refractivity contribution >= 4 is 17.4 Å². The minimum atomic E-state index is -0.0641. The first-order valence-corrected chi connectivity index (χ1v) is 7.41. The summed E-state index contributed by atoms with van der Waals surface area (Å²) < 4.78 is 7.72. The molecule has 2 aromatic rings. The highest BCUT2D eigenvalue weighted by atomic mass is 35.5. The molecule has 1 aromatic heterocycles. The quantitative estimate of drug-likeness (QED) is 0.760. The van der Waals surface area contributed by atoms with Crippen LogP contribution in [0.15, 0.2) is 24.3 Å². The van der Waals surface area contributed by atoms with E-state index in [0.29, 0.717) is 22.9 Å².